The molecule has 4 rings (SSSR count). The molecule has 0 amide bonds. The summed E-state index contributed by atoms with van der Waals surface area (Å²) in [5, 5.41) is 10.1. The summed E-state index contributed by atoms with van der Waals surface area (Å²) in [5.74, 6) is 1.95. The molecular weight excluding hydrogens is 372 g/mol. The Morgan fingerprint density at radius 1 is 1.07 bits per heavy atom. The van der Waals surface area contributed by atoms with Gasteiger partial charge in [-0.05, 0) is 18.2 Å². The number of aromatic hydroxyl groups is 1. The summed E-state index contributed by atoms with van der Waals surface area (Å²) in [6.07, 6.45) is 0. The Morgan fingerprint density at radius 2 is 1.79 bits per heavy atom. The van der Waals surface area contributed by atoms with E-state index in [1.54, 1.807) is 31.4 Å². The molecule has 0 radical (unpaired) electrons. The largest absolute Gasteiger partial charge is 0.508 e. The first kappa shape index (κ1) is 19.1. The first-order valence-electron chi connectivity index (χ1n) is 9.48. The number of ether oxygens (including phenoxy) is 2. The average Bonchev–Trinajstić information content (AvgIpc) is 2.73. The second kappa shape index (κ2) is 8.00. The summed E-state index contributed by atoms with van der Waals surface area (Å²) >= 11 is 0. The van der Waals surface area contributed by atoms with Crippen LogP contribution >= 0.6 is 0 Å². The number of nitrogens with one attached hydrogen (secondary N) is 1. The molecule has 1 saturated heterocycles. The summed E-state index contributed by atoms with van der Waals surface area (Å²) in [6, 6.07) is 10.7. The predicted octanol–water partition coefficient (Wildman–Crippen LogP) is 1.97. The van der Waals surface area contributed by atoms with E-state index in [4.69, 9.17) is 9.47 Å². The van der Waals surface area contributed by atoms with Gasteiger partial charge in [0.25, 0.3) is 5.56 Å². The third-order valence-corrected chi connectivity index (χ3v) is 5.20. The molecule has 152 valence electrons. The smallest absolute Gasteiger partial charge is 0.258 e. The second-order valence-corrected chi connectivity index (χ2v) is 7.02. The minimum Gasteiger partial charge on any atom is -0.508 e. The Kier molecular flexibility index (Phi) is 5.26. The fourth-order valence-corrected chi connectivity index (χ4v) is 3.65. The Balaban J connectivity index is 1.49. The maximum Gasteiger partial charge on any atom is 0.258 e. The maximum atomic E-state index is 12.5. The number of rotatable bonds is 5. The van der Waals surface area contributed by atoms with Gasteiger partial charge in [0.2, 0.25) is 0 Å². The number of piperazine rings is 1. The molecule has 29 heavy (non-hydrogen) atoms. The van der Waals surface area contributed by atoms with Crippen LogP contribution in [0.2, 0.25) is 0 Å². The molecule has 2 aromatic carbocycles. The minimum absolute atomic E-state index is 0.190. The second-order valence-electron chi connectivity index (χ2n) is 7.02. The lowest BCUT2D eigenvalue weighted by Gasteiger charge is -2.35. The van der Waals surface area contributed by atoms with Crippen molar-refractivity contribution in [1.29, 1.82) is 0 Å². The molecule has 0 aliphatic carbocycles. The molecule has 0 spiro atoms. The average molecular weight is 396 g/mol. The Morgan fingerprint density at radius 3 is 2.48 bits per heavy atom. The monoisotopic (exact) mass is 396 g/mol. The summed E-state index contributed by atoms with van der Waals surface area (Å²) < 4.78 is 10.6. The predicted molar refractivity (Wildman–Crippen MR) is 111 cm³/mol. The molecule has 1 fully saturated rings. The topological polar surface area (TPSA) is 90.9 Å². The van der Waals surface area contributed by atoms with Gasteiger partial charge in [-0.2, -0.15) is 0 Å². The van der Waals surface area contributed by atoms with Gasteiger partial charge in [0.15, 0.2) is 11.5 Å². The standard InChI is InChI=1S/C21H24N4O4/c1-28-18-11-16-17(12-19(18)29-2)22-20(23-21(16)27)13-24-6-8-25(9-7-24)14-4-3-5-15(26)10-14/h3-5,10-12,26H,6-9,13H2,1-2H3,(H,22,23,27). The zero-order valence-corrected chi connectivity index (χ0v) is 16.5. The Bertz CT molecular complexity index is 1070. The number of benzene rings is 2. The van der Waals surface area contributed by atoms with E-state index < -0.39 is 0 Å². The molecule has 0 unspecified atom stereocenters. The van der Waals surface area contributed by atoms with Gasteiger partial charge in [-0.3, -0.25) is 9.69 Å². The number of H-pyrrole nitrogens is 1. The van der Waals surface area contributed by atoms with Crippen molar-refractivity contribution < 1.29 is 14.6 Å². The number of phenolic OH excluding ortho intramolecular Hbond substituents is 1. The van der Waals surface area contributed by atoms with Crippen LogP contribution in [0.3, 0.4) is 0 Å². The number of phenols is 1. The van der Waals surface area contributed by atoms with E-state index in [0.717, 1.165) is 31.9 Å². The molecule has 8 nitrogen and oxygen atoms in total. The molecule has 1 aliphatic rings. The lowest BCUT2D eigenvalue weighted by atomic mass is 10.2. The summed E-state index contributed by atoms with van der Waals surface area (Å²) in [4.78, 5) is 24.5. The molecule has 0 saturated carbocycles. The van der Waals surface area contributed by atoms with Crippen LogP contribution in [-0.4, -0.2) is 60.4 Å². The van der Waals surface area contributed by atoms with Gasteiger partial charge in [-0.25, -0.2) is 4.98 Å². The number of hydrogen-bond acceptors (Lipinski definition) is 7. The number of anilines is 1. The number of methoxy groups -OCH3 is 2. The lowest BCUT2D eigenvalue weighted by Crippen LogP contribution is -2.46. The van der Waals surface area contributed by atoms with Crippen molar-refractivity contribution in [3.63, 3.8) is 0 Å². The molecule has 1 aromatic heterocycles. The first-order valence-corrected chi connectivity index (χ1v) is 9.48. The molecular formula is C21H24N4O4. The van der Waals surface area contributed by atoms with Gasteiger partial charge in [-0.15, -0.1) is 0 Å². The van der Waals surface area contributed by atoms with Crippen LogP contribution in [0.15, 0.2) is 41.2 Å². The van der Waals surface area contributed by atoms with Crippen molar-refractivity contribution in [3.05, 3.63) is 52.6 Å². The van der Waals surface area contributed by atoms with Crippen molar-refractivity contribution in [1.82, 2.24) is 14.9 Å². The summed E-state index contributed by atoms with van der Waals surface area (Å²) in [5.41, 5.74) is 1.41. The molecule has 1 aliphatic heterocycles. The highest BCUT2D eigenvalue weighted by molar-refractivity contribution is 5.81. The van der Waals surface area contributed by atoms with Gasteiger partial charge in [0.1, 0.15) is 11.6 Å². The highest BCUT2D eigenvalue weighted by atomic mass is 16.5. The van der Waals surface area contributed by atoms with E-state index in [9.17, 15) is 9.90 Å². The fourth-order valence-electron chi connectivity index (χ4n) is 3.65. The first-order chi connectivity index (χ1) is 14.1. The highest BCUT2D eigenvalue weighted by Crippen LogP contribution is 2.30. The van der Waals surface area contributed by atoms with Crippen molar-refractivity contribution in [3.8, 4) is 17.2 Å². The SMILES string of the molecule is COc1cc2nc(CN3CCN(c4cccc(O)c4)CC3)[nH]c(=O)c2cc1OC. The van der Waals surface area contributed by atoms with Gasteiger partial charge < -0.3 is 24.5 Å². The van der Waals surface area contributed by atoms with Crippen LogP contribution in [0.4, 0.5) is 5.69 Å². The van der Waals surface area contributed by atoms with Gasteiger partial charge in [-0.1, -0.05) is 6.07 Å². The third kappa shape index (κ3) is 3.97. The van der Waals surface area contributed by atoms with E-state index in [2.05, 4.69) is 19.8 Å². The van der Waals surface area contributed by atoms with Crippen LogP contribution in [-0.2, 0) is 6.54 Å². The van der Waals surface area contributed by atoms with Crippen molar-refractivity contribution >= 4 is 16.6 Å². The van der Waals surface area contributed by atoms with E-state index in [1.807, 2.05) is 12.1 Å². The Labute approximate surface area is 168 Å². The summed E-state index contributed by atoms with van der Waals surface area (Å²) in [7, 11) is 3.10. The summed E-state index contributed by atoms with van der Waals surface area (Å²) in [6.45, 7) is 3.92. The molecule has 3 aromatic rings. The number of nitrogens with zero attached hydrogens (tertiary/aromatic N) is 3. The fraction of sp³-hybridized carbons (Fsp3) is 0.333. The molecule has 8 heteroatoms. The van der Waals surface area contributed by atoms with Crippen molar-refractivity contribution in [2.24, 2.45) is 0 Å². The molecule has 0 atom stereocenters. The maximum absolute atomic E-state index is 12.5. The van der Waals surface area contributed by atoms with Gasteiger partial charge >= 0.3 is 0 Å². The van der Waals surface area contributed by atoms with E-state index >= 15 is 0 Å². The van der Waals surface area contributed by atoms with Crippen LogP contribution in [0.25, 0.3) is 10.9 Å². The van der Waals surface area contributed by atoms with Crippen LogP contribution in [0, 0.1) is 0 Å². The van der Waals surface area contributed by atoms with E-state index in [1.165, 1.54) is 7.11 Å². The number of aromatic nitrogens is 2. The van der Waals surface area contributed by atoms with Crippen LogP contribution in [0.5, 0.6) is 17.2 Å². The number of hydrogen-bond donors (Lipinski definition) is 2. The molecule has 2 N–H and O–H groups in total. The lowest BCUT2D eigenvalue weighted by molar-refractivity contribution is 0.244. The normalized spacial score (nSPS) is 14.9. The van der Waals surface area contributed by atoms with E-state index in [0.29, 0.717) is 34.8 Å². The van der Waals surface area contributed by atoms with Crippen LogP contribution in [0.1, 0.15) is 5.82 Å². The zero-order valence-electron chi connectivity index (χ0n) is 16.5. The molecule has 2 heterocycles. The highest BCUT2D eigenvalue weighted by Gasteiger charge is 2.19. The zero-order chi connectivity index (χ0) is 20.4. The minimum atomic E-state index is -0.190. The quantitative estimate of drug-likeness (QED) is 0.681. The van der Waals surface area contributed by atoms with Gasteiger partial charge in [0, 0.05) is 44.0 Å². The van der Waals surface area contributed by atoms with Crippen molar-refractivity contribution in [2.45, 2.75) is 6.54 Å². The van der Waals surface area contributed by atoms with Crippen molar-refractivity contribution in [2.75, 3.05) is 45.3 Å². The Hall–Kier alpha value is -3.26. The molecule has 0 bridgehead atoms. The van der Waals surface area contributed by atoms with E-state index in [-0.39, 0.29) is 11.3 Å². The number of fused-ring (bicyclic) bond motifs is 1. The number of aromatic amines is 1. The third-order valence-electron chi connectivity index (χ3n) is 5.20. The van der Waals surface area contributed by atoms with Crippen LogP contribution < -0.4 is 19.9 Å². The van der Waals surface area contributed by atoms with Gasteiger partial charge in [0.05, 0.1) is 31.7 Å².